The molecule has 4 heterocycles. The Morgan fingerprint density at radius 3 is 2.78 bits per heavy atom. The topological polar surface area (TPSA) is 66.8 Å². The number of H-pyrrole nitrogens is 1. The molecular weight excluding hydrogens is 452 g/mol. The number of hydrogen-bond donors (Lipinski definition) is 1. The molecule has 1 saturated heterocycles. The van der Waals surface area contributed by atoms with Gasteiger partial charge in [0.1, 0.15) is 11.5 Å². The summed E-state index contributed by atoms with van der Waals surface area (Å²) in [7, 11) is 0. The van der Waals surface area contributed by atoms with Gasteiger partial charge in [0, 0.05) is 66.1 Å². The van der Waals surface area contributed by atoms with Crippen LogP contribution in [0.1, 0.15) is 36.9 Å². The molecule has 1 unspecified atom stereocenters. The summed E-state index contributed by atoms with van der Waals surface area (Å²) in [5.41, 5.74) is 4.04. The molecule has 0 aliphatic carbocycles. The van der Waals surface area contributed by atoms with E-state index in [1.807, 2.05) is 30.1 Å². The maximum absolute atomic E-state index is 14.1. The van der Waals surface area contributed by atoms with Crippen LogP contribution in [0.5, 0.6) is 0 Å². The van der Waals surface area contributed by atoms with Gasteiger partial charge in [0.05, 0.1) is 17.3 Å². The fourth-order valence-corrected chi connectivity index (χ4v) is 4.90. The number of carbonyl (C=O) groups is 1. The Labute approximate surface area is 194 Å². The van der Waals surface area contributed by atoms with E-state index >= 15 is 0 Å². The van der Waals surface area contributed by atoms with Crippen LogP contribution >= 0.6 is 23.2 Å². The van der Waals surface area contributed by atoms with Crippen molar-refractivity contribution in [2.45, 2.75) is 25.8 Å². The molecule has 164 valence electrons. The molecular formula is C23H20Cl2FN5O. The van der Waals surface area contributed by atoms with Crippen molar-refractivity contribution in [3.63, 3.8) is 0 Å². The molecule has 1 aliphatic rings. The lowest BCUT2D eigenvalue weighted by molar-refractivity contribution is -0.134. The zero-order valence-electron chi connectivity index (χ0n) is 17.4. The third-order valence-electron chi connectivity index (χ3n) is 6.16. The molecule has 1 N–H and O–H groups in total. The van der Waals surface area contributed by atoms with Crippen LogP contribution < -0.4 is 0 Å². The van der Waals surface area contributed by atoms with Gasteiger partial charge in [-0.3, -0.25) is 9.48 Å². The van der Waals surface area contributed by atoms with Gasteiger partial charge in [0.15, 0.2) is 0 Å². The first kappa shape index (κ1) is 21.0. The van der Waals surface area contributed by atoms with E-state index in [2.05, 4.69) is 15.1 Å². The minimum atomic E-state index is -0.497. The summed E-state index contributed by atoms with van der Waals surface area (Å²) >= 11 is 12.6. The highest BCUT2D eigenvalue weighted by Gasteiger charge is 2.30. The number of rotatable bonds is 4. The van der Waals surface area contributed by atoms with E-state index in [0.29, 0.717) is 23.7 Å². The monoisotopic (exact) mass is 471 g/mol. The summed E-state index contributed by atoms with van der Waals surface area (Å²) in [5, 5.41) is 5.84. The smallest absolute Gasteiger partial charge is 0.219 e. The Balaban J connectivity index is 1.48. The maximum atomic E-state index is 14.1. The zero-order valence-corrected chi connectivity index (χ0v) is 19.0. The van der Waals surface area contributed by atoms with Crippen molar-refractivity contribution in [2.24, 2.45) is 0 Å². The lowest BCUT2D eigenvalue weighted by Crippen LogP contribution is -2.49. The number of nitrogens with one attached hydrogen (secondary N) is 1. The number of carbonyl (C=O) groups excluding carboxylic acids is 1. The van der Waals surface area contributed by atoms with Crippen molar-refractivity contribution in [2.75, 3.05) is 13.1 Å². The summed E-state index contributed by atoms with van der Waals surface area (Å²) in [6.07, 6.45) is 7.42. The molecule has 1 fully saturated rings. The van der Waals surface area contributed by atoms with Crippen LogP contribution in [0.2, 0.25) is 10.0 Å². The molecule has 1 aromatic carbocycles. The zero-order chi connectivity index (χ0) is 22.6. The van der Waals surface area contributed by atoms with E-state index in [1.54, 1.807) is 24.2 Å². The van der Waals surface area contributed by atoms with Crippen LogP contribution in [-0.2, 0) is 4.79 Å². The van der Waals surface area contributed by atoms with Gasteiger partial charge in [0.2, 0.25) is 5.91 Å². The summed E-state index contributed by atoms with van der Waals surface area (Å²) in [6.45, 7) is 4.85. The number of nitrogens with zero attached hydrogens (tertiary/aromatic N) is 4. The lowest BCUT2D eigenvalue weighted by atomic mass is 9.92. The molecule has 0 saturated carbocycles. The molecule has 4 aromatic rings. The molecule has 9 heteroatoms. The number of halogens is 3. The Morgan fingerprint density at radius 1 is 1.25 bits per heavy atom. The van der Waals surface area contributed by atoms with Crippen LogP contribution in [0.15, 0.2) is 43.0 Å². The van der Waals surface area contributed by atoms with Gasteiger partial charge < -0.3 is 9.88 Å². The second-order valence-electron chi connectivity index (χ2n) is 8.13. The minimum Gasteiger partial charge on any atom is -0.346 e. The third-order valence-corrected chi connectivity index (χ3v) is 6.87. The predicted octanol–water partition coefficient (Wildman–Crippen LogP) is 5.43. The minimum absolute atomic E-state index is 0.0323. The van der Waals surface area contributed by atoms with Gasteiger partial charge >= 0.3 is 0 Å². The SMILES string of the molecule is CC(=O)N1CC(n2cc(-c3cnc4[nH]cc(C(C)c5c(Cl)ccc(F)c5Cl)c4c3)cn2)C1. The Morgan fingerprint density at radius 2 is 2.03 bits per heavy atom. The highest BCUT2D eigenvalue weighted by atomic mass is 35.5. The van der Waals surface area contributed by atoms with E-state index in [9.17, 15) is 9.18 Å². The van der Waals surface area contributed by atoms with Crippen molar-refractivity contribution >= 4 is 40.1 Å². The van der Waals surface area contributed by atoms with Crippen molar-refractivity contribution < 1.29 is 9.18 Å². The Hall–Kier alpha value is -2.90. The van der Waals surface area contributed by atoms with Gasteiger partial charge in [-0.25, -0.2) is 9.37 Å². The summed E-state index contributed by atoms with van der Waals surface area (Å²) < 4.78 is 16.0. The molecule has 0 bridgehead atoms. The third kappa shape index (κ3) is 3.45. The average Bonchev–Trinajstić information content (AvgIpc) is 3.36. The predicted molar refractivity (Wildman–Crippen MR) is 123 cm³/mol. The first-order valence-corrected chi connectivity index (χ1v) is 11.0. The number of pyridine rings is 1. The lowest BCUT2D eigenvalue weighted by Gasteiger charge is -2.38. The molecule has 6 nitrogen and oxygen atoms in total. The fraction of sp³-hybridized carbons (Fsp3) is 0.261. The molecule has 32 heavy (non-hydrogen) atoms. The van der Waals surface area contributed by atoms with Gasteiger partial charge in [-0.1, -0.05) is 30.1 Å². The quantitative estimate of drug-likeness (QED) is 0.403. The number of aromatic nitrogens is 4. The standard InChI is InChI=1S/C23H20Cl2FN5O/c1-12(21-19(24)3-4-20(26)22(21)25)18-8-28-23-17(18)5-14(6-27-23)15-7-29-31(9-15)16-10-30(11-16)13(2)32/h3-9,12,16H,10-11H2,1-2H3,(H,27,28). The van der Waals surface area contributed by atoms with Crippen LogP contribution in [0.4, 0.5) is 4.39 Å². The number of fused-ring (bicyclic) bond motifs is 1. The van der Waals surface area contributed by atoms with Crippen LogP contribution in [0.25, 0.3) is 22.2 Å². The average molecular weight is 472 g/mol. The molecule has 5 rings (SSSR count). The summed E-state index contributed by atoms with van der Waals surface area (Å²) in [5.74, 6) is -0.661. The van der Waals surface area contributed by atoms with E-state index < -0.39 is 5.82 Å². The fourth-order valence-electron chi connectivity index (χ4n) is 4.20. The summed E-state index contributed by atoms with van der Waals surface area (Å²) in [6, 6.07) is 5.01. The summed E-state index contributed by atoms with van der Waals surface area (Å²) in [4.78, 5) is 20.9. The van der Waals surface area contributed by atoms with Crippen LogP contribution in [0, 0.1) is 5.82 Å². The second kappa shape index (κ2) is 7.90. The number of aromatic amines is 1. The van der Waals surface area contributed by atoms with E-state index in [4.69, 9.17) is 23.2 Å². The van der Waals surface area contributed by atoms with E-state index in [1.165, 1.54) is 12.1 Å². The van der Waals surface area contributed by atoms with Gasteiger partial charge in [-0.05, 0) is 29.3 Å². The Kier molecular flexibility index (Phi) is 5.18. The molecule has 3 aromatic heterocycles. The van der Waals surface area contributed by atoms with Crippen LogP contribution in [-0.4, -0.2) is 43.6 Å². The Bertz CT molecular complexity index is 1340. The first-order valence-electron chi connectivity index (χ1n) is 10.2. The normalized spacial score (nSPS) is 15.2. The van der Waals surface area contributed by atoms with Crippen molar-refractivity contribution in [1.29, 1.82) is 0 Å². The number of benzene rings is 1. The van der Waals surface area contributed by atoms with E-state index in [-0.39, 0.29) is 22.9 Å². The maximum Gasteiger partial charge on any atom is 0.219 e. The molecule has 1 amide bonds. The first-order chi connectivity index (χ1) is 15.3. The van der Waals surface area contributed by atoms with Crippen LogP contribution in [0.3, 0.4) is 0 Å². The number of hydrogen-bond acceptors (Lipinski definition) is 3. The van der Waals surface area contributed by atoms with Crippen molar-refractivity contribution in [3.05, 3.63) is 70.0 Å². The van der Waals surface area contributed by atoms with Crippen molar-refractivity contribution in [1.82, 2.24) is 24.6 Å². The number of amides is 1. The molecule has 0 radical (unpaired) electrons. The molecule has 1 atom stereocenters. The second-order valence-corrected chi connectivity index (χ2v) is 8.91. The van der Waals surface area contributed by atoms with Gasteiger partial charge in [-0.2, -0.15) is 5.10 Å². The number of likely N-dealkylation sites (tertiary alicyclic amines) is 1. The van der Waals surface area contributed by atoms with Gasteiger partial charge in [-0.15, -0.1) is 0 Å². The van der Waals surface area contributed by atoms with E-state index in [0.717, 1.165) is 27.7 Å². The largest absolute Gasteiger partial charge is 0.346 e. The highest BCUT2D eigenvalue weighted by molar-refractivity contribution is 6.36. The molecule has 1 aliphatic heterocycles. The van der Waals surface area contributed by atoms with Crippen molar-refractivity contribution in [3.8, 4) is 11.1 Å². The molecule has 0 spiro atoms. The highest BCUT2D eigenvalue weighted by Crippen LogP contribution is 2.39. The van der Waals surface area contributed by atoms with Gasteiger partial charge in [0.25, 0.3) is 0 Å².